The minimum Gasteiger partial charge on any atom is -0.507 e. The molecule has 1 unspecified atom stereocenters. The summed E-state index contributed by atoms with van der Waals surface area (Å²) in [6.07, 6.45) is 3.99. The Hall–Kier alpha value is -3.23. The van der Waals surface area contributed by atoms with Crippen molar-refractivity contribution in [2.24, 2.45) is 0 Å². The lowest BCUT2D eigenvalue weighted by Crippen LogP contribution is -2.38. The van der Waals surface area contributed by atoms with E-state index in [1.807, 2.05) is 20.8 Å². The molecule has 2 aromatic rings. The first-order chi connectivity index (χ1) is 16.9. The van der Waals surface area contributed by atoms with Crippen LogP contribution in [0.1, 0.15) is 43.0 Å². The fourth-order valence-electron chi connectivity index (χ4n) is 4.63. The van der Waals surface area contributed by atoms with Gasteiger partial charge in [-0.05, 0) is 68.7 Å². The molecule has 0 spiro atoms. The average Bonchev–Trinajstić information content (AvgIpc) is 3.11. The van der Waals surface area contributed by atoms with E-state index in [0.717, 1.165) is 37.2 Å². The Labute approximate surface area is 206 Å². The molecule has 3 heterocycles. The van der Waals surface area contributed by atoms with Gasteiger partial charge in [-0.2, -0.15) is 0 Å². The molecule has 2 saturated heterocycles. The molecule has 8 heteroatoms. The lowest BCUT2D eigenvalue weighted by Gasteiger charge is -2.29. The predicted octanol–water partition coefficient (Wildman–Crippen LogP) is 3.32. The van der Waals surface area contributed by atoms with Crippen LogP contribution >= 0.6 is 0 Å². The number of aliphatic hydroxyl groups excluding tert-OH is 1. The molecule has 1 aromatic carbocycles. The molecule has 2 fully saturated rings. The number of Topliss-reactive ketones (excluding diaryl/α,β-unsaturated/α-hetero) is 1. The summed E-state index contributed by atoms with van der Waals surface area (Å²) in [6.45, 7) is 10.1. The van der Waals surface area contributed by atoms with Crippen LogP contribution in [-0.2, 0) is 14.3 Å². The highest BCUT2D eigenvalue weighted by Crippen LogP contribution is 2.39. The second kappa shape index (κ2) is 11.0. The van der Waals surface area contributed by atoms with Crippen LogP contribution in [0.25, 0.3) is 5.76 Å². The molecule has 1 amide bonds. The number of aromatic nitrogens is 1. The number of pyridine rings is 1. The Balaban J connectivity index is 1.65. The van der Waals surface area contributed by atoms with Gasteiger partial charge in [0.1, 0.15) is 11.5 Å². The van der Waals surface area contributed by atoms with Gasteiger partial charge in [-0.25, -0.2) is 0 Å². The molecule has 2 aliphatic heterocycles. The molecule has 186 valence electrons. The van der Waals surface area contributed by atoms with Gasteiger partial charge < -0.3 is 19.5 Å². The van der Waals surface area contributed by atoms with Crippen molar-refractivity contribution in [2.75, 3.05) is 39.4 Å². The van der Waals surface area contributed by atoms with Gasteiger partial charge in [0.05, 0.1) is 30.9 Å². The first-order valence-electron chi connectivity index (χ1n) is 12.1. The number of morpholine rings is 1. The van der Waals surface area contributed by atoms with Gasteiger partial charge >= 0.3 is 0 Å². The zero-order valence-electron chi connectivity index (χ0n) is 20.6. The van der Waals surface area contributed by atoms with Crippen molar-refractivity contribution in [3.63, 3.8) is 0 Å². The van der Waals surface area contributed by atoms with Crippen molar-refractivity contribution in [3.05, 3.63) is 65.0 Å². The zero-order valence-corrected chi connectivity index (χ0v) is 20.6. The molecular formula is C27H33N3O5. The number of aliphatic hydroxyl groups is 1. The quantitative estimate of drug-likeness (QED) is 0.353. The standard InChI is InChI=1S/C27H33N3O5/c1-18(2)35-22-6-5-21(17-19(22)3)25(31)23-24(20-7-9-28-10-8-20)30(27(33)26(23)32)12-4-11-29-13-15-34-16-14-29/h5-10,17-18,24,31H,4,11-16H2,1-3H3/b25-23+. The van der Waals surface area contributed by atoms with E-state index in [1.165, 1.54) is 0 Å². The van der Waals surface area contributed by atoms with Crippen LogP contribution in [-0.4, -0.2) is 77.1 Å². The van der Waals surface area contributed by atoms with Crippen LogP contribution in [0.15, 0.2) is 48.3 Å². The molecule has 1 atom stereocenters. The molecule has 0 radical (unpaired) electrons. The third-order valence-corrected chi connectivity index (χ3v) is 6.35. The summed E-state index contributed by atoms with van der Waals surface area (Å²) in [5, 5.41) is 11.3. The first kappa shape index (κ1) is 24.9. The Kier molecular flexibility index (Phi) is 7.83. The van der Waals surface area contributed by atoms with Crippen molar-refractivity contribution in [3.8, 4) is 5.75 Å². The van der Waals surface area contributed by atoms with Gasteiger partial charge in [0, 0.05) is 44.1 Å². The number of likely N-dealkylation sites (tertiary alicyclic amines) is 1. The fourth-order valence-corrected chi connectivity index (χ4v) is 4.63. The number of hydrogen-bond acceptors (Lipinski definition) is 7. The van der Waals surface area contributed by atoms with E-state index in [9.17, 15) is 14.7 Å². The Morgan fingerprint density at radius 3 is 2.51 bits per heavy atom. The van der Waals surface area contributed by atoms with Crippen molar-refractivity contribution in [1.29, 1.82) is 0 Å². The summed E-state index contributed by atoms with van der Waals surface area (Å²) in [5.74, 6) is -0.728. The van der Waals surface area contributed by atoms with E-state index in [1.54, 1.807) is 47.6 Å². The van der Waals surface area contributed by atoms with E-state index in [2.05, 4.69) is 9.88 Å². The van der Waals surface area contributed by atoms with Crippen LogP contribution in [0.4, 0.5) is 0 Å². The van der Waals surface area contributed by atoms with Crippen LogP contribution in [0.3, 0.4) is 0 Å². The number of aryl methyl sites for hydroxylation is 1. The number of rotatable bonds is 8. The molecule has 0 saturated carbocycles. The van der Waals surface area contributed by atoms with E-state index < -0.39 is 17.7 Å². The van der Waals surface area contributed by atoms with Gasteiger partial charge in [0.25, 0.3) is 11.7 Å². The van der Waals surface area contributed by atoms with Crippen molar-refractivity contribution < 1.29 is 24.2 Å². The molecule has 35 heavy (non-hydrogen) atoms. The highest BCUT2D eigenvalue weighted by Gasteiger charge is 2.45. The maximum absolute atomic E-state index is 13.2. The third-order valence-electron chi connectivity index (χ3n) is 6.35. The number of ether oxygens (including phenoxy) is 2. The maximum Gasteiger partial charge on any atom is 0.295 e. The lowest BCUT2D eigenvalue weighted by atomic mass is 9.95. The lowest BCUT2D eigenvalue weighted by molar-refractivity contribution is -0.140. The first-order valence-corrected chi connectivity index (χ1v) is 12.1. The Bertz CT molecular complexity index is 1090. The van der Waals surface area contributed by atoms with E-state index in [-0.39, 0.29) is 17.4 Å². The van der Waals surface area contributed by atoms with E-state index in [4.69, 9.17) is 9.47 Å². The van der Waals surface area contributed by atoms with Gasteiger partial charge in [0.2, 0.25) is 0 Å². The number of benzene rings is 1. The third kappa shape index (κ3) is 5.55. The average molecular weight is 480 g/mol. The zero-order chi connectivity index (χ0) is 24.9. The molecule has 4 rings (SSSR count). The van der Waals surface area contributed by atoms with Gasteiger partial charge in [-0.1, -0.05) is 0 Å². The number of hydrogen-bond donors (Lipinski definition) is 1. The number of carbonyl (C=O) groups excluding carboxylic acids is 2. The van der Waals surface area contributed by atoms with E-state index in [0.29, 0.717) is 31.1 Å². The van der Waals surface area contributed by atoms with Gasteiger partial charge in [-0.3, -0.25) is 19.5 Å². The minimum absolute atomic E-state index is 0.0163. The molecular weight excluding hydrogens is 446 g/mol. The van der Waals surface area contributed by atoms with Crippen LogP contribution < -0.4 is 4.74 Å². The summed E-state index contributed by atoms with van der Waals surface area (Å²) >= 11 is 0. The molecule has 1 aromatic heterocycles. The number of nitrogens with zero attached hydrogens (tertiary/aromatic N) is 3. The summed E-state index contributed by atoms with van der Waals surface area (Å²) < 4.78 is 11.2. The molecule has 2 aliphatic rings. The highest BCUT2D eigenvalue weighted by molar-refractivity contribution is 6.46. The smallest absolute Gasteiger partial charge is 0.295 e. The normalized spacial score (nSPS) is 20.6. The van der Waals surface area contributed by atoms with Crippen LogP contribution in [0.5, 0.6) is 5.75 Å². The number of ketones is 1. The molecule has 1 N–H and O–H groups in total. The topological polar surface area (TPSA) is 92.2 Å². The van der Waals surface area contributed by atoms with Crippen molar-refractivity contribution in [1.82, 2.24) is 14.8 Å². The van der Waals surface area contributed by atoms with Gasteiger partial charge in [0.15, 0.2) is 0 Å². The van der Waals surface area contributed by atoms with Gasteiger partial charge in [-0.15, -0.1) is 0 Å². The summed E-state index contributed by atoms with van der Waals surface area (Å²) in [6, 6.07) is 8.17. The number of amides is 1. The Morgan fingerprint density at radius 2 is 1.86 bits per heavy atom. The SMILES string of the molecule is Cc1cc(/C(O)=C2\C(=O)C(=O)N(CCCN3CCOCC3)C2c2ccncc2)ccc1OC(C)C. The molecule has 8 nitrogen and oxygen atoms in total. The monoisotopic (exact) mass is 479 g/mol. The fraction of sp³-hybridized carbons (Fsp3) is 0.444. The molecule has 0 bridgehead atoms. The minimum atomic E-state index is -0.672. The summed E-state index contributed by atoms with van der Waals surface area (Å²) in [5.41, 5.74) is 2.15. The van der Waals surface area contributed by atoms with Crippen molar-refractivity contribution in [2.45, 2.75) is 39.3 Å². The van der Waals surface area contributed by atoms with Crippen LogP contribution in [0.2, 0.25) is 0 Å². The van der Waals surface area contributed by atoms with Crippen LogP contribution in [0, 0.1) is 6.92 Å². The Morgan fingerprint density at radius 1 is 1.14 bits per heavy atom. The predicted molar refractivity (Wildman–Crippen MR) is 132 cm³/mol. The van der Waals surface area contributed by atoms with E-state index >= 15 is 0 Å². The largest absolute Gasteiger partial charge is 0.507 e. The highest BCUT2D eigenvalue weighted by atomic mass is 16.5. The van der Waals surface area contributed by atoms with Crippen molar-refractivity contribution >= 4 is 17.4 Å². The maximum atomic E-state index is 13.2. The second-order valence-corrected chi connectivity index (χ2v) is 9.23. The second-order valence-electron chi connectivity index (χ2n) is 9.23. The number of carbonyl (C=O) groups is 2. The summed E-state index contributed by atoms with van der Waals surface area (Å²) in [7, 11) is 0. The summed E-state index contributed by atoms with van der Waals surface area (Å²) in [4.78, 5) is 34.3. The molecule has 0 aliphatic carbocycles.